The van der Waals surface area contributed by atoms with Crippen molar-refractivity contribution in [1.29, 1.82) is 0 Å². The van der Waals surface area contributed by atoms with Gasteiger partial charge < -0.3 is 9.84 Å². The number of phenolic OH excluding ortho intramolecular Hbond substituents is 1. The lowest BCUT2D eigenvalue weighted by molar-refractivity contribution is 0.395. The van der Waals surface area contributed by atoms with Gasteiger partial charge in [0.2, 0.25) is 0 Å². The molecule has 17 heavy (non-hydrogen) atoms. The highest BCUT2D eigenvalue weighted by molar-refractivity contribution is 7.89. The van der Waals surface area contributed by atoms with E-state index in [0.717, 1.165) is 13.2 Å². The molecule has 0 amide bonds. The van der Waals surface area contributed by atoms with Crippen LogP contribution in [0.3, 0.4) is 0 Å². The molecule has 8 nitrogen and oxygen atoms in total. The van der Waals surface area contributed by atoms with Crippen LogP contribution in [0.1, 0.15) is 0 Å². The van der Waals surface area contributed by atoms with E-state index in [0.29, 0.717) is 6.07 Å². The highest BCUT2D eigenvalue weighted by atomic mass is 32.2. The number of benzene rings is 1. The monoisotopic (exact) mass is 284 g/mol. The van der Waals surface area contributed by atoms with E-state index < -0.39 is 35.8 Å². The SMILES string of the molecule is COc1cc(O)c(S(=O)(=O)O)c(S(=O)(=O)O)c1. The summed E-state index contributed by atoms with van der Waals surface area (Å²) in [5.74, 6) is -1.26. The number of aromatic hydroxyl groups is 1. The van der Waals surface area contributed by atoms with Crippen molar-refractivity contribution in [3.8, 4) is 11.5 Å². The Labute approximate surface area is 97.0 Å². The molecule has 0 atom stereocenters. The van der Waals surface area contributed by atoms with Gasteiger partial charge in [0, 0.05) is 12.1 Å². The topological polar surface area (TPSA) is 138 Å². The van der Waals surface area contributed by atoms with Gasteiger partial charge in [0.05, 0.1) is 7.11 Å². The molecule has 0 radical (unpaired) electrons. The van der Waals surface area contributed by atoms with E-state index in [1.165, 1.54) is 0 Å². The Bertz CT molecular complexity index is 643. The normalized spacial score (nSPS) is 12.4. The van der Waals surface area contributed by atoms with Crippen molar-refractivity contribution in [2.75, 3.05) is 7.11 Å². The van der Waals surface area contributed by atoms with E-state index in [1.807, 2.05) is 0 Å². The minimum atomic E-state index is -5.02. The van der Waals surface area contributed by atoms with E-state index >= 15 is 0 Å². The molecule has 0 aliphatic carbocycles. The van der Waals surface area contributed by atoms with Gasteiger partial charge in [-0.2, -0.15) is 16.8 Å². The number of hydrogen-bond acceptors (Lipinski definition) is 6. The highest BCUT2D eigenvalue weighted by Gasteiger charge is 2.28. The fraction of sp³-hybridized carbons (Fsp3) is 0.143. The van der Waals surface area contributed by atoms with E-state index in [2.05, 4.69) is 4.74 Å². The van der Waals surface area contributed by atoms with Crippen molar-refractivity contribution in [3.05, 3.63) is 12.1 Å². The van der Waals surface area contributed by atoms with Crippen LogP contribution in [0.15, 0.2) is 21.9 Å². The van der Waals surface area contributed by atoms with Crippen LogP contribution in [0.4, 0.5) is 0 Å². The number of phenols is 1. The molecule has 0 spiro atoms. The highest BCUT2D eigenvalue weighted by Crippen LogP contribution is 2.34. The van der Waals surface area contributed by atoms with Gasteiger partial charge in [-0.25, -0.2) is 0 Å². The molecule has 0 bridgehead atoms. The summed E-state index contributed by atoms with van der Waals surface area (Å²) < 4.78 is 65.8. The lowest BCUT2D eigenvalue weighted by Gasteiger charge is -2.09. The second-order valence-corrected chi connectivity index (χ2v) is 5.67. The van der Waals surface area contributed by atoms with Crippen molar-refractivity contribution in [2.45, 2.75) is 9.79 Å². The van der Waals surface area contributed by atoms with Crippen LogP contribution >= 0.6 is 0 Å². The predicted molar refractivity (Wildman–Crippen MR) is 54.3 cm³/mol. The van der Waals surface area contributed by atoms with Gasteiger partial charge in [-0.05, 0) is 0 Å². The van der Waals surface area contributed by atoms with Crippen LogP contribution in [0.2, 0.25) is 0 Å². The molecule has 1 aromatic rings. The number of ether oxygens (including phenoxy) is 1. The van der Waals surface area contributed by atoms with Gasteiger partial charge in [-0.15, -0.1) is 0 Å². The first-order chi connectivity index (χ1) is 7.57. The summed E-state index contributed by atoms with van der Waals surface area (Å²) in [6.45, 7) is 0. The van der Waals surface area contributed by atoms with Crippen LogP contribution in [-0.4, -0.2) is 38.2 Å². The molecule has 96 valence electrons. The molecule has 0 unspecified atom stereocenters. The fourth-order valence-corrected chi connectivity index (χ4v) is 3.00. The van der Waals surface area contributed by atoms with Crippen LogP contribution in [0.25, 0.3) is 0 Å². The number of hydrogen-bond donors (Lipinski definition) is 3. The molecule has 0 saturated carbocycles. The Balaban J connectivity index is 3.83. The Hall–Kier alpha value is -1.36. The molecule has 0 heterocycles. The van der Waals surface area contributed by atoms with E-state index in [1.54, 1.807) is 0 Å². The standard InChI is InChI=1S/C7H8O8S2/c1-15-4-2-5(8)7(17(12,13)14)6(3-4)16(9,10)11/h2-3,8H,1H3,(H,9,10,11)(H,12,13,14). The Morgan fingerprint density at radius 2 is 1.59 bits per heavy atom. The molecule has 0 aliphatic heterocycles. The molecule has 0 aromatic heterocycles. The summed E-state index contributed by atoms with van der Waals surface area (Å²) in [6, 6.07) is 1.43. The molecule has 0 saturated heterocycles. The molecular weight excluding hydrogens is 276 g/mol. The predicted octanol–water partition coefficient (Wildman–Crippen LogP) is -0.106. The maximum Gasteiger partial charge on any atom is 0.299 e. The molecule has 1 rings (SSSR count). The van der Waals surface area contributed by atoms with Crippen molar-refractivity contribution in [3.63, 3.8) is 0 Å². The Morgan fingerprint density at radius 1 is 1.06 bits per heavy atom. The molecule has 3 N–H and O–H groups in total. The Morgan fingerprint density at radius 3 is 1.94 bits per heavy atom. The first kappa shape index (κ1) is 13.7. The largest absolute Gasteiger partial charge is 0.506 e. The Kier molecular flexibility index (Phi) is 3.34. The summed E-state index contributed by atoms with van der Waals surface area (Å²) in [4.78, 5) is -2.47. The van der Waals surface area contributed by atoms with Crippen LogP contribution in [0, 0.1) is 0 Å². The summed E-state index contributed by atoms with van der Waals surface area (Å²) in [5.41, 5.74) is 0. The molecule has 0 fully saturated rings. The van der Waals surface area contributed by atoms with Crippen molar-refractivity contribution < 1.29 is 35.8 Å². The average Bonchev–Trinajstić information content (AvgIpc) is 2.12. The first-order valence-electron chi connectivity index (χ1n) is 3.93. The van der Waals surface area contributed by atoms with Crippen molar-refractivity contribution >= 4 is 20.2 Å². The van der Waals surface area contributed by atoms with Gasteiger partial charge in [-0.1, -0.05) is 0 Å². The van der Waals surface area contributed by atoms with Crippen molar-refractivity contribution in [1.82, 2.24) is 0 Å². The zero-order valence-corrected chi connectivity index (χ0v) is 9.99. The maximum atomic E-state index is 10.9. The number of methoxy groups -OCH3 is 1. The molecule has 10 heteroatoms. The van der Waals surface area contributed by atoms with E-state index in [9.17, 15) is 21.9 Å². The zero-order valence-electron chi connectivity index (χ0n) is 8.35. The minimum absolute atomic E-state index is 0.206. The fourth-order valence-electron chi connectivity index (χ4n) is 1.13. The summed E-state index contributed by atoms with van der Waals surface area (Å²) >= 11 is 0. The van der Waals surface area contributed by atoms with E-state index in [-0.39, 0.29) is 5.75 Å². The second-order valence-electron chi connectivity index (χ2n) is 2.92. The third kappa shape index (κ3) is 2.85. The smallest absolute Gasteiger partial charge is 0.299 e. The van der Waals surface area contributed by atoms with Gasteiger partial charge in [0.1, 0.15) is 16.4 Å². The molecular formula is C7H8O8S2. The van der Waals surface area contributed by atoms with Crippen LogP contribution < -0.4 is 4.74 Å². The summed E-state index contributed by atoms with van der Waals surface area (Å²) in [7, 11) is -8.83. The second kappa shape index (κ2) is 4.14. The lowest BCUT2D eigenvalue weighted by atomic mass is 10.3. The van der Waals surface area contributed by atoms with Crippen LogP contribution in [0.5, 0.6) is 11.5 Å². The zero-order chi connectivity index (χ0) is 13.4. The maximum absolute atomic E-state index is 10.9. The van der Waals surface area contributed by atoms with Gasteiger partial charge >= 0.3 is 0 Å². The summed E-state index contributed by atoms with van der Waals surface area (Å²) in [5, 5.41) is 9.31. The first-order valence-corrected chi connectivity index (χ1v) is 6.81. The number of rotatable bonds is 3. The third-order valence-corrected chi connectivity index (χ3v) is 3.73. The van der Waals surface area contributed by atoms with Crippen LogP contribution in [-0.2, 0) is 20.2 Å². The molecule has 1 aromatic carbocycles. The van der Waals surface area contributed by atoms with Gasteiger partial charge in [-0.3, -0.25) is 9.11 Å². The molecule has 0 aliphatic rings. The van der Waals surface area contributed by atoms with E-state index in [4.69, 9.17) is 9.11 Å². The van der Waals surface area contributed by atoms with Gasteiger partial charge in [0.25, 0.3) is 20.2 Å². The third-order valence-electron chi connectivity index (χ3n) is 1.78. The average molecular weight is 284 g/mol. The minimum Gasteiger partial charge on any atom is -0.506 e. The van der Waals surface area contributed by atoms with Crippen molar-refractivity contribution in [2.24, 2.45) is 0 Å². The lowest BCUT2D eigenvalue weighted by Crippen LogP contribution is -2.09. The quantitative estimate of drug-likeness (QED) is 0.654. The summed E-state index contributed by atoms with van der Waals surface area (Å²) in [6.07, 6.45) is 0. The van der Waals surface area contributed by atoms with Gasteiger partial charge in [0.15, 0.2) is 4.90 Å².